The van der Waals surface area contributed by atoms with Crippen LogP contribution in [0.1, 0.15) is 11.1 Å². The van der Waals surface area contributed by atoms with Crippen molar-refractivity contribution >= 4 is 0 Å². The number of rotatable bonds is 5. The molecule has 0 aliphatic rings. The largest absolute Gasteiger partial charge is 0.522 e. The molecular weight excluding hydrogens is 219 g/mol. The van der Waals surface area contributed by atoms with Crippen LogP contribution in [0.5, 0.6) is 0 Å². The summed E-state index contributed by atoms with van der Waals surface area (Å²) in [7, 11) is 0. The summed E-state index contributed by atoms with van der Waals surface area (Å²) < 4.78 is 38.5. The Balaban J connectivity index is 2.19. The number of alkyl halides is 3. The molecule has 0 saturated carbocycles. The number of halogens is 3. The Bertz CT molecular complexity index is 325. The van der Waals surface area contributed by atoms with Crippen LogP contribution in [0.2, 0.25) is 0 Å². The van der Waals surface area contributed by atoms with E-state index in [-0.39, 0.29) is 13.2 Å². The smallest absolute Gasteiger partial charge is 0.310 e. The van der Waals surface area contributed by atoms with Crippen LogP contribution in [0.3, 0.4) is 0 Å². The molecule has 0 fully saturated rings. The summed E-state index contributed by atoms with van der Waals surface area (Å²) in [5, 5.41) is 2.89. The molecule has 90 valence electrons. The molecule has 0 saturated heterocycles. The third kappa shape index (κ3) is 5.14. The van der Waals surface area contributed by atoms with Crippen LogP contribution in [0.4, 0.5) is 13.2 Å². The van der Waals surface area contributed by atoms with E-state index in [9.17, 15) is 13.2 Å². The van der Waals surface area contributed by atoms with Gasteiger partial charge in [0.1, 0.15) is 0 Å². The molecule has 1 aromatic rings. The predicted octanol–water partition coefficient (Wildman–Crippen LogP) is 2.62. The van der Waals surface area contributed by atoms with Gasteiger partial charge in [-0.3, -0.25) is 4.74 Å². The lowest BCUT2D eigenvalue weighted by Gasteiger charge is -2.09. The molecule has 0 radical (unpaired) electrons. The fraction of sp³-hybridized carbons (Fsp3) is 0.455. The van der Waals surface area contributed by atoms with Crippen molar-refractivity contribution in [1.82, 2.24) is 5.32 Å². The fourth-order valence-corrected chi connectivity index (χ4v) is 1.27. The second-order valence-electron chi connectivity index (χ2n) is 3.40. The van der Waals surface area contributed by atoms with Crippen LogP contribution in [-0.4, -0.2) is 19.5 Å². The summed E-state index contributed by atoms with van der Waals surface area (Å²) in [4.78, 5) is 0. The summed E-state index contributed by atoms with van der Waals surface area (Å²) in [6, 6.07) is 7.72. The minimum Gasteiger partial charge on any atom is -0.310 e. The number of hydrogen-bond acceptors (Lipinski definition) is 2. The molecule has 0 heterocycles. The standard InChI is InChI=1S/C11H14F3NO/c1-9-4-2-3-5-10(9)8-15-6-7-16-11(12,13)14/h2-5,15H,6-8H2,1H3. The Morgan fingerprint density at radius 3 is 2.56 bits per heavy atom. The molecule has 16 heavy (non-hydrogen) atoms. The monoisotopic (exact) mass is 233 g/mol. The van der Waals surface area contributed by atoms with Gasteiger partial charge in [0.05, 0.1) is 6.61 Å². The number of nitrogens with one attached hydrogen (secondary N) is 1. The molecular formula is C11H14F3NO. The second kappa shape index (κ2) is 5.86. The van der Waals surface area contributed by atoms with E-state index in [1.807, 2.05) is 31.2 Å². The lowest BCUT2D eigenvalue weighted by atomic mass is 10.1. The van der Waals surface area contributed by atoms with E-state index >= 15 is 0 Å². The first-order valence-electron chi connectivity index (χ1n) is 4.95. The molecule has 1 rings (SSSR count). The van der Waals surface area contributed by atoms with E-state index in [1.54, 1.807) is 0 Å². The predicted molar refractivity (Wildman–Crippen MR) is 54.9 cm³/mol. The maximum Gasteiger partial charge on any atom is 0.522 e. The van der Waals surface area contributed by atoms with Gasteiger partial charge in [-0.1, -0.05) is 24.3 Å². The Labute approximate surface area is 92.4 Å². The van der Waals surface area contributed by atoms with Crippen LogP contribution in [0.15, 0.2) is 24.3 Å². The zero-order chi connectivity index (χ0) is 12.0. The molecule has 0 aliphatic carbocycles. The van der Waals surface area contributed by atoms with Crippen LogP contribution in [-0.2, 0) is 11.3 Å². The molecule has 0 spiro atoms. The van der Waals surface area contributed by atoms with Crippen molar-refractivity contribution in [3.8, 4) is 0 Å². The van der Waals surface area contributed by atoms with Gasteiger partial charge < -0.3 is 5.32 Å². The Kier molecular flexibility index (Phi) is 4.76. The van der Waals surface area contributed by atoms with E-state index in [0.717, 1.165) is 11.1 Å². The van der Waals surface area contributed by atoms with Gasteiger partial charge in [-0.25, -0.2) is 0 Å². The van der Waals surface area contributed by atoms with Gasteiger partial charge in [-0.2, -0.15) is 0 Å². The van der Waals surface area contributed by atoms with Crippen molar-refractivity contribution in [2.45, 2.75) is 19.8 Å². The SMILES string of the molecule is Cc1ccccc1CNCCOC(F)(F)F. The van der Waals surface area contributed by atoms with Crippen molar-refractivity contribution in [3.05, 3.63) is 35.4 Å². The van der Waals surface area contributed by atoms with Gasteiger partial charge in [0.15, 0.2) is 0 Å². The Morgan fingerprint density at radius 1 is 1.25 bits per heavy atom. The Hall–Kier alpha value is -1.07. The van der Waals surface area contributed by atoms with E-state index < -0.39 is 6.36 Å². The van der Waals surface area contributed by atoms with E-state index in [4.69, 9.17) is 0 Å². The fourth-order valence-electron chi connectivity index (χ4n) is 1.27. The van der Waals surface area contributed by atoms with Gasteiger partial charge in [0.25, 0.3) is 0 Å². The number of aryl methyl sites for hydroxylation is 1. The average Bonchev–Trinajstić information content (AvgIpc) is 2.18. The van der Waals surface area contributed by atoms with Crippen LogP contribution in [0, 0.1) is 6.92 Å². The van der Waals surface area contributed by atoms with Crippen molar-refractivity contribution in [2.75, 3.05) is 13.2 Å². The van der Waals surface area contributed by atoms with Crippen LogP contribution in [0.25, 0.3) is 0 Å². The third-order valence-electron chi connectivity index (χ3n) is 2.12. The quantitative estimate of drug-likeness (QED) is 0.789. The summed E-state index contributed by atoms with van der Waals surface area (Å²) in [5.74, 6) is 0. The van der Waals surface area contributed by atoms with E-state index in [1.165, 1.54) is 0 Å². The first kappa shape index (κ1) is 13.0. The minimum absolute atomic E-state index is 0.174. The zero-order valence-electron chi connectivity index (χ0n) is 8.97. The van der Waals surface area contributed by atoms with Gasteiger partial charge in [-0.05, 0) is 18.1 Å². The van der Waals surface area contributed by atoms with E-state index in [0.29, 0.717) is 6.54 Å². The second-order valence-corrected chi connectivity index (χ2v) is 3.40. The summed E-state index contributed by atoms with van der Waals surface area (Å²) in [6.07, 6.45) is -4.54. The Morgan fingerprint density at radius 2 is 1.94 bits per heavy atom. The van der Waals surface area contributed by atoms with Crippen molar-refractivity contribution in [3.63, 3.8) is 0 Å². The van der Waals surface area contributed by atoms with Crippen LogP contribution < -0.4 is 5.32 Å². The maximum atomic E-state index is 11.6. The molecule has 1 aromatic carbocycles. The van der Waals surface area contributed by atoms with Gasteiger partial charge in [0, 0.05) is 13.1 Å². The molecule has 0 unspecified atom stereocenters. The first-order valence-corrected chi connectivity index (χ1v) is 4.95. The van der Waals surface area contributed by atoms with Crippen LogP contribution >= 0.6 is 0 Å². The molecule has 5 heteroatoms. The summed E-state index contributed by atoms with van der Waals surface area (Å²) >= 11 is 0. The van der Waals surface area contributed by atoms with Gasteiger partial charge >= 0.3 is 6.36 Å². The number of benzene rings is 1. The van der Waals surface area contributed by atoms with E-state index in [2.05, 4.69) is 10.1 Å². The highest BCUT2D eigenvalue weighted by Crippen LogP contribution is 2.15. The van der Waals surface area contributed by atoms with Gasteiger partial charge in [-0.15, -0.1) is 13.2 Å². The number of ether oxygens (including phenoxy) is 1. The highest BCUT2D eigenvalue weighted by molar-refractivity contribution is 5.25. The molecule has 2 nitrogen and oxygen atoms in total. The molecule has 0 bridgehead atoms. The lowest BCUT2D eigenvalue weighted by Crippen LogP contribution is -2.24. The normalized spacial score (nSPS) is 11.8. The highest BCUT2D eigenvalue weighted by atomic mass is 19.4. The number of hydrogen-bond donors (Lipinski definition) is 1. The molecule has 0 aromatic heterocycles. The molecule has 0 aliphatic heterocycles. The summed E-state index contributed by atoms with van der Waals surface area (Å²) in [6.45, 7) is 2.32. The summed E-state index contributed by atoms with van der Waals surface area (Å²) in [5.41, 5.74) is 2.20. The molecule has 0 atom stereocenters. The average molecular weight is 233 g/mol. The maximum absolute atomic E-state index is 11.6. The van der Waals surface area contributed by atoms with Crippen molar-refractivity contribution in [1.29, 1.82) is 0 Å². The first-order chi connectivity index (χ1) is 7.49. The highest BCUT2D eigenvalue weighted by Gasteiger charge is 2.28. The lowest BCUT2D eigenvalue weighted by molar-refractivity contribution is -0.323. The minimum atomic E-state index is -4.54. The topological polar surface area (TPSA) is 21.3 Å². The zero-order valence-corrected chi connectivity index (χ0v) is 8.97. The van der Waals surface area contributed by atoms with Crippen molar-refractivity contribution in [2.24, 2.45) is 0 Å². The molecule has 1 N–H and O–H groups in total. The van der Waals surface area contributed by atoms with Gasteiger partial charge in [0.2, 0.25) is 0 Å². The molecule has 0 amide bonds. The third-order valence-corrected chi connectivity index (χ3v) is 2.12. The van der Waals surface area contributed by atoms with Crippen molar-refractivity contribution < 1.29 is 17.9 Å².